The largest absolute Gasteiger partial charge is 0.480 e. The smallest absolute Gasteiger partial charge is 0.379 e. The van der Waals surface area contributed by atoms with E-state index in [4.69, 9.17) is 30.2 Å². The van der Waals surface area contributed by atoms with Gasteiger partial charge in [-0.2, -0.15) is 0 Å². The zero-order valence-corrected chi connectivity index (χ0v) is 20.6. The third-order valence-electron chi connectivity index (χ3n) is 5.40. The number of H-pyrrole nitrogens is 1. The molecule has 1 aromatic carbocycles. The van der Waals surface area contributed by atoms with Crippen molar-refractivity contribution < 1.29 is 28.4 Å². The minimum absolute atomic E-state index is 0.0691. The Morgan fingerprint density at radius 3 is 2.74 bits per heavy atom. The fraction of sp³-hybridized carbons (Fsp3) is 0.350. The molecule has 0 bridgehead atoms. The average Bonchev–Trinajstić information content (AvgIpc) is 3.15. The summed E-state index contributed by atoms with van der Waals surface area (Å²) in [6.45, 7) is 2.80. The van der Waals surface area contributed by atoms with E-state index in [-0.39, 0.29) is 23.5 Å². The molecule has 3 heterocycles. The summed E-state index contributed by atoms with van der Waals surface area (Å²) in [6.07, 6.45) is -0.934. The van der Waals surface area contributed by atoms with Crippen molar-refractivity contribution in [2.75, 3.05) is 6.61 Å². The molecule has 11 nitrogen and oxygen atoms in total. The number of fused-ring (bicyclic) bond motifs is 1. The highest BCUT2D eigenvalue weighted by molar-refractivity contribution is 8.59. The van der Waals surface area contributed by atoms with Crippen LogP contribution in [0, 0.1) is 13.8 Å². The molecule has 4 atom stereocenters. The maximum Gasteiger partial charge on any atom is 0.379 e. The molecule has 1 fully saturated rings. The lowest BCUT2D eigenvalue weighted by molar-refractivity contribution is -0.0425. The van der Waals surface area contributed by atoms with E-state index in [1.807, 2.05) is 0 Å². The molecule has 3 aromatic rings. The number of aromatic nitrogens is 2. The van der Waals surface area contributed by atoms with Crippen LogP contribution < -0.4 is 26.1 Å². The predicted molar refractivity (Wildman–Crippen MR) is 129 cm³/mol. The second-order valence-corrected chi connectivity index (χ2v) is 12.9. The standard InChI is InChI=1S/C20H21N2O9PS2/c1-9-7-22(20(26)21-18(9)24)16-6-14(15(8-23)28-16)29-17-10(2)12-4-3-11(31-32(27,33)34)5-13(12)30-19(17)25/h3-5,7,14-16,23H,6,8H2,1-2H3,(H,21,24,26)(H2,27,33,34)/t14-,15+,16+/m0/s1. The number of aromatic amines is 1. The van der Waals surface area contributed by atoms with Crippen LogP contribution in [-0.4, -0.2) is 38.4 Å². The lowest BCUT2D eigenvalue weighted by Gasteiger charge is -2.19. The number of nitrogens with one attached hydrogen (secondary N) is 1. The van der Waals surface area contributed by atoms with Gasteiger partial charge in [-0.15, -0.1) is 0 Å². The molecule has 0 amide bonds. The van der Waals surface area contributed by atoms with Crippen molar-refractivity contribution in [3.05, 3.63) is 66.8 Å². The summed E-state index contributed by atoms with van der Waals surface area (Å²) >= 11 is 8.58. The summed E-state index contributed by atoms with van der Waals surface area (Å²) in [6, 6.07) is 4.58. The molecule has 0 radical (unpaired) electrons. The van der Waals surface area contributed by atoms with Crippen molar-refractivity contribution in [3.63, 3.8) is 0 Å². The van der Waals surface area contributed by atoms with Gasteiger partial charge >= 0.3 is 11.3 Å². The average molecular weight is 529 g/mol. The van der Waals surface area contributed by atoms with E-state index in [9.17, 15) is 24.4 Å². The van der Waals surface area contributed by atoms with Gasteiger partial charge in [-0.1, -0.05) is 12.2 Å². The summed E-state index contributed by atoms with van der Waals surface area (Å²) in [5.41, 5.74) is -4.21. The second kappa shape index (κ2) is 9.33. The number of rotatable bonds is 6. The first-order chi connectivity index (χ1) is 16.0. The number of thiol groups is 1. The highest BCUT2D eigenvalue weighted by Gasteiger charge is 2.39. The molecule has 1 aliphatic rings. The third-order valence-corrected chi connectivity index (χ3v) is 6.31. The van der Waals surface area contributed by atoms with E-state index in [1.54, 1.807) is 26.0 Å². The van der Waals surface area contributed by atoms with Crippen molar-refractivity contribution in [1.82, 2.24) is 9.55 Å². The van der Waals surface area contributed by atoms with Crippen LogP contribution in [0.2, 0.25) is 0 Å². The monoisotopic (exact) mass is 528 g/mol. The molecule has 4 rings (SSSR count). The van der Waals surface area contributed by atoms with Crippen LogP contribution in [0.5, 0.6) is 11.5 Å². The Labute approximate surface area is 202 Å². The summed E-state index contributed by atoms with van der Waals surface area (Å²) in [7, 11) is 0. The van der Waals surface area contributed by atoms with E-state index in [0.29, 0.717) is 16.5 Å². The fourth-order valence-corrected chi connectivity index (χ4v) is 4.69. The van der Waals surface area contributed by atoms with Crippen LogP contribution in [0.3, 0.4) is 0 Å². The number of aliphatic hydroxyl groups is 1. The Kier molecular flexibility index (Phi) is 6.78. The van der Waals surface area contributed by atoms with Gasteiger partial charge in [-0.05, 0) is 37.8 Å². The van der Waals surface area contributed by atoms with Gasteiger partial charge in [0.2, 0.25) is 5.75 Å². The molecule has 34 heavy (non-hydrogen) atoms. The van der Waals surface area contributed by atoms with E-state index in [1.165, 1.54) is 16.8 Å². The van der Waals surface area contributed by atoms with E-state index in [2.05, 4.69) is 17.2 Å². The topological polar surface area (TPSA) is 153 Å². The summed E-state index contributed by atoms with van der Waals surface area (Å²) < 4.78 is 23.5. The molecule has 0 saturated carbocycles. The van der Waals surface area contributed by atoms with Crippen LogP contribution in [0.1, 0.15) is 23.8 Å². The molecule has 14 heteroatoms. The molecule has 0 spiro atoms. The van der Waals surface area contributed by atoms with Crippen LogP contribution in [0.15, 0.2) is 43.2 Å². The summed E-state index contributed by atoms with van der Waals surface area (Å²) in [5, 5.41) is 10.3. The lowest BCUT2D eigenvalue weighted by atomic mass is 10.1. The number of aryl methyl sites for hydroxylation is 2. The van der Waals surface area contributed by atoms with Crippen LogP contribution in [-0.2, 0) is 16.5 Å². The van der Waals surface area contributed by atoms with Gasteiger partial charge in [-0.25, -0.2) is 9.59 Å². The molecule has 3 N–H and O–H groups in total. The van der Waals surface area contributed by atoms with Crippen molar-refractivity contribution >= 4 is 40.7 Å². The number of hydrogen-bond donors (Lipinski definition) is 4. The first-order valence-electron chi connectivity index (χ1n) is 10.0. The second-order valence-electron chi connectivity index (χ2n) is 7.77. The first-order valence-corrected chi connectivity index (χ1v) is 13.9. The maximum atomic E-state index is 12.7. The number of benzene rings is 1. The van der Waals surface area contributed by atoms with Crippen LogP contribution in [0.4, 0.5) is 0 Å². The van der Waals surface area contributed by atoms with E-state index < -0.39 is 47.6 Å². The molecule has 2 aromatic heterocycles. The van der Waals surface area contributed by atoms with Crippen LogP contribution in [0.25, 0.3) is 11.0 Å². The van der Waals surface area contributed by atoms with Gasteiger partial charge in [0.1, 0.15) is 29.8 Å². The van der Waals surface area contributed by atoms with Gasteiger partial charge in [0.25, 0.3) is 11.3 Å². The SMILES string of the molecule is Cc1cn([C@H]2C[C@H](Oc3c(C)c4ccc(OP(O)(=S)S)cc4oc3=O)[C@@H](CO)O2)c(=O)[nH]c1=O. The van der Waals surface area contributed by atoms with Gasteiger partial charge in [0.15, 0.2) is 0 Å². The summed E-state index contributed by atoms with van der Waals surface area (Å²) in [5.74, 6) is 0.124. The Morgan fingerprint density at radius 1 is 1.32 bits per heavy atom. The Morgan fingerprint density at radius 2 is 2.06 bits per heavy atom. The van der Waals surface area contributed by atoms with Crippen molar-refractivity contribution in [1.29, 1.82) is 0 Å². The van der Waals surface area contributed by atoms with Gasteiger partial charge < -0.3 is 28.4 Å². The van der Waals surface area contributed by atoms with Crippen molar-refractivity contribution in [2.24, 2.45) is 0 Å². The maximum absolute atomic E-state index is 12.7. The zero-order valence-electron chi connectivity index (χ0n) is 18.0. The molecule has 0 aliphatic carbocycles. The number of nitrogens with zero attached hydrogens (tertiary/aromatic N) is 1. The van der Waals surface area contributed by atoms with Gasteiger partial charge in [0, 0.05) is 35.2 Å². The molecular weight excluding hydrogens is 507 g/mol. The fourth-order valence-electron chi connectivity index (χ4n) is 3.76. The van der Waals surface area contributed by atoms with Gasteiger partial charge in [0.05, 0.1) is 6.61 Å². The normalized spacial score (nSPS) is 22.0. The quantitative estimate of drug-likeness (QED) is 0.210. The van der Waals surface area contributed by atoms with Crippen molar-refractivity contribution in [3.8, 4) is 11.5 Å². The lowest BCUT2D eigenvalue weighted by Crippen LogP contribution is -2.33. The molecule has 1 aliphatic heterocycles. The number of hydrogen-bond acceptors (Lipinski definition) is 9. The minimum Gasteiger partial charge on any atom is -0.480 e. The first kappa shape index (κ1) is 24.7. The summed E-state index contributed by atoms with van der Waals surface area (Å²) in [4.78, 5) is 48.4. The molecular formula is C20H21N2O9PS2. The Bertz CT molecular complexity index is 1480. The van der Waals surface area contributed by atoms with Crippen LogP contribution >= 0.6 is 17.9 Å². The Balaban J connectivity index is 1.65. The minimum atomic E-state index is -3.27. The predicted octanol–water partition coefficient (Wildman–Crippen LogP) is 1.51. The van der Waals surface area contributed by atoms with Crippen molar-refractivity contribution in [2.45, 2.75) is 38.7 Å². The van der Waals surface area contributed by atoms with E-state index in [0.717, 1.165) is 0 Å². The highest BCUT2D eigenvalue weighted by Crippen LogP contribution is 2.47. The van der Waals surface area contributed by atoms with Gasteiger partial charge in [-0.3, -0.25) is 14.3 Å². The van der Waals surface area contributed by atoms with E-state index >= 15 is 0 Å². The molecule has 182 valence electrons. The molecule has 1 saturated heterocycles. The zero-order chi connectivity index (χ0) is 24.8. The molecule has 1 unspecified atom stereocenters. The number of ether oxygens (including phenoxy) is 2. The third kappa shape index (κ3) is 4.99. The number of aliphatic hydroxyl groups excluding tert-OH is 1. The Hall–Kier alpha value is -2.41. The highest BCUT2D eigenvalue weighted by atomic mass is 32.9.